The minimum absolute atomic E-state index is 0.0745. The van der Waals surface area contributed by atoms with E-state index in [0.717, 1.165) is 18.7 Å². The summed E-state index contributed by atoms with van der Waals surface area (Å²) in [5.74, 6) is 0. The number of nitrogens with one attached hydrogen (secondary N) is 2. The summed E-state index contributed by atoms with van der Waals surface area (Å²) >= 11 is 5.98. The Kier molecular flexibility index (Phi) is 6.62. The van der Waals surface area contributed by atoms with Crippen LogP contribution in [0, 0.1) is 13.8 Å². The molecule has 1 heterocycles. The van der Waals surface area contributed by atoms with Crippen LogP contribution in [-0.4, -0.2) is 43.1 Å². The number of aromatic nitrogens is 2. The van der Waals surface area contributed by atoms with E-state index >= 15 is 0 Å². The smallest absolute Gasteiger partial charge is 0.244 e. The van der Waals surface area contributed by atoms with E-state index in [9.17, 15) is 8.42 Å². The summed E-state index contributed by atoms with van der Waals surface area (Å²) in [5.41, 5.74) is 2.03. The number of halogens is 1. The molecule has 1 aromatic carbocycles. The molecule has 2 rings (SSSR count). The fourth-order valence-corrected chi connectivity index (χ4v) is 4.54. The number of benzene rings is 1. The van der Waals surface area contributed by atoms with Crippen LogP contribution in [0.25, 0.3) is 0 Å². The molecule has 2 aromatic rings. The number of likely N-dealkylation sites (N-methyl/N-ethyl adjacent to an activating group) is 1. The second-order valence-electron chi connectivity index (χ2n) is 5.90. The maximum atomic E-state index is 12.7. The molecule has 25 heavy (non-hydrogen) atoms. The molecule has 138 valence electrons. The van der Waals surface area contributed by atoms with Gasteiger partial charge in [-0.1, -0.05) is 37.6 Å². The second-order valence-corrected chi connectivity index (χ2v) is 8.04. The van der Waals surface area contributed by atoms with Gasteiger partial charge in [-0.2, -0.15) is 5.10 Å². The number of sulfonamides is 1. The van der Waals surface area contributed by atoms with E-state index in [4.69, 9.17) is 11.6 Å². The van der Waals surface area contributed by atoms with Crippen molar-refractivity contribution in [2.45, 2.75) is 38.6 Å². The molecule has 0 fully saturated rings. The number of aromatic amines is 1. The first-order chi connectivity index (χ1) is 11.8. The Morgan fingerprint density at radius 1 is 1.20 bits per heavy atom. The van der Waals surface area contributed by atoms with Gasteiger partial charge in [0.2, 0.25) is 10.0 Å². The van der Waals surface area contributed by atoms with Gasteiger partial charge in [-0.25, -0.2) is 13.1 Å². The highest BCUT2D eigenvalue weighted by Crippen LogP contribution is 2.23. The van der Waals surface area contributed by atoms with Gasteiger partial charge in [-0.05, 0) is 44.6 Å². The number of rotatable bonds is 8. The Morgan fingerprint density at radius 3 is 2.28 bits per heavy atom. The number of hydrogen-bond donors (Lipinski definition) is 2. The fraction of sp³-hybridized carbons (Fsp3) is 0.471. The maximum absolute atomic E-state index is 12.7. The van der Waals surface area contributed by atoms with E-state index < -0.39 is 10.0 Å². The van der Waals surface area contributed by atoms with E-state index in [1.165, 1.54) is 0 Å². The van der Waals surface area contributed by atoms with Crippen LogP contribution in [0.3, 0.4) is 0 Å². The molecule has 1 atom stereocenters. The molecule has 0 aliphatic rings. The average Bonchev–Trinajstić information content (AvgIpc) is 2.92. The van der Waals surface area contributed by atoms with Crippen LogP contribution in [-0.2, 0) is 10.0 Å². The van der Waals surface area contributed by atoms with Gasteiger partial charge < -0.3 is 0 Å². The highest BCUT2D eigenvalue weighted by atomic mass is 35.5. The monoisotopic (exact) mass is 384 g/mol. The molecule has 0 saturated heterocycles. The van der Waals surface area contributed by atoms with Gasteiger partial charge in [0.05, 0.1) is 11.4 Å². The third kappa shape index (κ3) is 4.61. The van der Waals surface area contributed by atoms with Crippen LogP contribution in [0.4, 0.5) is 0 Å². The Balaban J connectivity index is 2.27. The quantitative estimate of drug-likeness (QED) is 0.733. The highest BCUT2D eigenvalue weighted by Gasteiger charge is 2.25. The lowest BCUT2D eigenvalue weighted by Gasteiger charge is -2.30. The first kappa shape index (κ1) is 19.9. The average molecular weight is 385 g/mol. The summed E-state index contributed by atoms with van der Waals surface area (Å²) in [6.07, 6.45) is 0. The van der Waals surface area contributed by atoms with Crippen LogP contribution < -0.4 is 4.72 Å². The summed E-state index contributed by atoms with van der Waals surface area (Å²) in [4.78, 5) is 2.43. The molecule has 0 aliphatic heterocycles. The summed E-state index contributed by atoms with van der Waals surface area (Å²) in [7, 11) is -3.64. The molecule has 8 heteroatoms. The largest absolute Gasteiger partial charge is 0.296 e. The number of H-pyrrole nitrogens is 1. The van der Waals surface area contributed by atoms with Gasteiger partial charge >= 0.3 is 0 Å². The van der Waals surface area contributed by atoms with Crippen molar-refractivity contribution in [3.05, 3.63) is 46.2 Å². The van der Waals surface area contributed by atoms with E-state index in [-0.39, 0.29) is 17.5 Å². The Labute approximate surface area is 154 Å². The fourth-order valence-electron chi connectivity index (χ4n) is 3.00. The Hall–Kier alpha value is -1.41. The predicted molar refractivity (Wildman–Crippen MR) is 100 cm³/mol. The van der Waals surface area contributed by atoms with Crippen molar-refractivity contribution in [2.24, 2.45) is 0 Å². The first-order valence-corrected chi connectivity index (χ1v) is 10.2. The standard InChI is InChI=1S/C17H25ClN4O2S/c1-5-22(6-2)16(14-7-9-15(18)10-8-14)11-19-25(23,24)17-12(3)20-21-13(17)4/h7-10,16,19H,5-6,11H2,1-4H3,(H,20,21). The molecule has 2 N–H and O–H groups in total. The molecule has 0 bridgehead atoms. The third-order valence-electron chi connectivity index (χ3n) is 4.30. The molecule has 0 amide bonds. The highest BCUT2D eigenvalue weighted by molar-refractivity contribution is 7.89. The minimum atomic E-state index is -3.64. The summed E-state index contributed by atoms with van der Waals surface area (Å²) < 4.78 is 28.2. The zero-order valence-corrected chi connectivity index (χ0v) is 16.6. The lowest BCUT2D eigenvalue weighted by Crippen LogP contribution is -2.38. The van der Waals surface area contributed by atoms with Gasteiger partial charge in [-0.3, -0.25) is 10.00 Å². The van der Waals surface area contributed by atoms with Crippen LogP contribution in [0.2, 0.25) is 5.02 Å². The van der Waals surface area contributed by atoms with Crippen LogP contribution in [0.1, 0.15) is 36.8 Å². The van der Waals surface area contributed by atoms with Crippen molar-refractivity contribution in [1.82, 2.24) is 19.8 Å². The SMILES string of the molecule is CCN(CC)C(CNS(=O)(=O)c1c(C)n[nH]c1C)c1ccc(Cl)cc1. The zero-order chi connectivity index (χ0) is 18.6. The van der Waals surface area contributed by atoms with E-state index in [0.29, 0.717) is 16.4 Å². The van der Waals surface area contributed by atoms with Crippen molar-refractivity contribution in [1.29, 1.82) is 0 Å². The molecule has 1 unspecified atom stereocenters. The Morgan fingerprint density at radius 2 is 1.80 bits per heavy atom. The predicted octanol–water partition coefficient (Wildman–Crippen LogP) is 3.04. The van der Waals surface area contributed by atoms with Crippen molar-refractivity contribution >= 4 is 21.6 Å². The van der Waals surface area contributed by atoms with Crippen molar-refractivity contribution in [3.8, 4) is 0 Å². The molecule has 1 aromatic heterocycles. The van der Waals surface area contributed by atoms with Gasteiger partial charge in [0.15, 0.2) is 0 Å². The Bertz CT molecular complexity index is 779. The number of hydrogen-bond acceptors (Lipinski definition) is 4. The van der Waals surface area contributed by atoms with E-state index in [1.54, 1.807) is 13.8 Å². The molecule has 0 saturated carbocycles. The van der Waals surface area contributed by atoms with Crippen molar-refractivity contribution in [2.75, 3.05) is 19.6 Å². The molecule has 0 aliphatic carbocycles. The normalized spacial score (nSPS) is 13.4. The van der Waals surface area contributed by atoms with E-state index in [2.05, 4.69) is 33.7 Å². The topological polar surface area (TPSA) is 78.1 Å². The summed E-state index contributed by atoms with van der Waals surface area (Å²) in [6.45, 7) is 9.41. The molecule has 0 radical (unpaired) electrons. The van der Waals surface area contributed by atoms with Gasteiger partial charge in [-0.15, -0.1) is 0 Å². The van der Waals surface area contributed by atoms with Gasteiger partial charge in [0.25, 0.3) is 0 Å². The van der Waals surface area contributed by atoms with Crippen LogP contribution >= 0.6 is 11.6 Å². The van der Waals surface area contributed by atoms with Crippen molar-refractivity contribution in [3.63, 3.8) is 0 Å². The number of aryl methyl sites for hydroxylation is 2. The van der Waals surface area contributed by atoms with Crippen molar-refractivity contribution < 1.29 is 8.42 Å². The van der Waals surface area contributed by atoms with Gasteiger partial charge in [0, 0.05) is 17.6 Å². The summed E-state index contributed by atoms with van der Waals surface area (Å²) in [5, 5.41) is 7.35. The zero-order valence-electron chi connectivity index (χ0n) is 15.0. The molecule has 0 spiro atoms. The molecular weight excluding hydrogens is 360 g/mol. The lowest BCUT2D eigenvalue weighted by molar-refractivity contribution is 0.220. The molecular formula is C17H25ClN4O2S. The second kappa shape index (κ2) is 8.31. The molecule has 6 nitrogen and oxygen atoms in total. The van der Waals surface area contributed by atoms with Crippen LogP contribution in [0.5, 0.6) is 0 Å². The minimum Gasteiger partial charge on any atom is -0.296 e. The lowest BCUT2D eigenvalue weighted by atomic mass is 10.1. The summed E-state index contributed by atoms with van der Waals surface area (Å²) in [6, 6.07) is 7.45. The van der Waals surface area contributed by atoms with Crippen LogP contribution in [0.15, 0.2) is 29.2 Å². The van der Waals surface area contributed by atoms with Gasteiger partial charge in [0.1, 0.15) is 4.90 Å². The maximum Gasteiger partial charge on any atom is 0.244 e. The van der Waals surface area contributed by atoms with E-state index in [1.807, 2.05) is 24.3 Å². The number of nitrogens with zero attached hydrogens (tertiary/aromatic N) is 2. The third-order valence-corrected chi connectivity index (χ3v) is 6.24. The first-order valence-electron chi connectivity index (χ1n) is 8.30.